The highest BCUT2D eigenvalue weighted by Crippen LogP contribution is 2.33. The largest absolute Gasteiger partial charge is 0.309 e. The fourth-order valence-corrected chi connectivity index (χ4v) is 4.08. The number of nitrogens with one attached hydrogen (secondary N) is 1. The van der Waals surface area contributed by atoms with Crippen LogP contribution in [0.4, 0.5) is 10.2 Å². The van der Waals surface area contributed by atoms with Gasteiger partial charge < -0.3 is 9.88 Å². The van der Waals surface area contributed by atoms with Crippen LogP contribution in [-0.4, -0.2) is 30.1 Å². The monoisotopic (exact) mass is 406 g/mol. The molecule has 1 fully saturated rings. The number of hydrogen-bond acceptors (Lipinski definition) is 5. The highest BCUT2D eigenvalue weighted by atomic mass is 19.1. The number of fused-ring (bicyclic) bond motifs is 2. The lowest BCUT2D eigenvalue weighted by molar-refractivity contribution is -0.116. The number of pyridine rings is 2. The average molecular weight is 406 g/mol. The maximum atomic E-state index is 13.1. The second-order valence-electron chi connectivity index (χ2n) is 7.50. The molecule has 0 aromatic carbocycles. The van der Waals surface area contributed by atoms with Crippen LogP contribution in [-0.2, 0) is 11.3 Å². The van der Waals surface area contributed by atoms with Crippen molar-refractivity contribution in [1.82, 2.24) is 24.1 Å². The molecule has 1 amide bonds. The number of anilines is 1. The maximum Gasteiger partial charge on any atom is 0.283 e. The van der Waals surface area contributed by atoms with Crippen LogP contribution < -0.4 is 10.9 Å². The summed E-state index contributed by atoms with van der Waals surface area (Å²) >= 11 is 0. The van der Waals surface area contributed by atoms with E-state index in [2.05, 4.69) is 20.4 Å². The molecule has 1 saturated carbocycles. The SMILES string of the molecule is O=C(Cn1c2ncccc2c(=O)n2nc(C3CCCC3)cc12)Nc1ccc(F)cn1. The summed E-state index contributed by atoms with van der Waals surface area (Å²) in [4.78, 5) is 33.9. The topological polar surface area (TPSA) is 94.2 Å². The minimum Gasteiger partial charge on any atom is -0.309 e. The van der Waals surface area contributed by atoms with E-state index in [0.29, 0.717) is 22.6 Å². The molecule has 30 heavy (non-hydrogen) atoms. The van der Waals surface area contributed by atoms with Gasteiger partial charge in [-0.2, -0.15) is 9.61 Å². The van der Waals surface area contributed by atoms with Crippen LogP contribution in [0, 0.1) is 5.82 Å². The van der Waals surface area contributed by atoms with Crippen molar-refractivity contribution in [3.05, 3.63) is 64.6 Å². The molecule has 0 radical (unpaired) electrons. The molecule has 0 aliphatic heterocycles. The molecule has 1 N–H and O–H groups in total. The van der Waals surface area contributed by atoms with Crippen molar-refractivity contribution in [1.29, 1.82) is 0 Å². The van der Waals surface area contributed by atoms with Gasteiger partial charge in [-0.25, -0.2) is 14.4 Å². The number of aromatic nitrogens is 5. The van der Waals surface area contributed by atoms with Crippen molar-refractivity contribution in [2.45, 2.75) is 38.1 Å². The number of nitrogens with zero attached hydrogens (tertiary/aromatic N) is 5. The molecule has 8 nitrogen and oxygen atoms in total. The average Bonchev–Trinajstić information content (AvgIpc) is 3.43. The summed E-state index contributed by atoms with van der Waals surface area (Å²) in [6.45, 7) is -0.0911. The van der Waals surface area contributed by atoms with Gasteiger partial charge in [-0.15, -0.1) is 0 Å². The van der Waals surface area contributed by atoms with E-state index in [1.54, 1.807) is 22.9 Å². The zero-order valence-electron chi connectivity index (χ0n) is 16.1. The van der Waals surface area contributed by atoms with Gasteiger partial charge in [0.25, 0.3) is 5.56 Å². The Hall–Kier alpha value is -3.62. The number of rotatable bonds is 4. The number of hydrogen-bond donors (Lipinski definition) is 1. The van der Waals surface area contributed by atoms with E-state index in [1.165, 1.54) is 16.6 Å². The number of halogens is 1. The number of carbonyl (C=O) groups excluding carboxylic acids is 1. The van der Waals surface area contributed by atoms with Crippen LogP contribution in [0.2, 0.25) is 0 Å². The Morgan fingerprint density at radius 3 is 2.80 bits per heavy atom. The third kappa shape index (κ3) is 3.22. The molecule has 0 bridgehead atoms. The van der Waals surface area contributed by atoms with Crippen LogP contribution in [0.5, 0.6) is 0 Å². The van der Waals surface area contributed by atoms with E-state index in [4.69, 9.17) is 0 Å². The molecule has 4 aromatic rings. The van der Waals surface area contributed by atoms with E-state index >= 15 is 0 Å². The van der Waals surface area contributed by atoms with E-state index in [-0.39, 0.29) is 23.8 Å². The van der Waals surface area contributed by atoms with Crippen LogP contribution in [0.25, 0.3) is 16.7 Å². The Balaban J connectivity index is 1.59. The van der Waals surface area contributed by atoms with Crippen molar-refractivity contribution in [3.8, 4) is 0 Å². The summed E-state index contributed by atoms with van der Waals surface area (Å²) in [6, 6.07) is 7.86. The van der Waals surface area contributed by atoms with Crippen LogP contribution in [0.1, 0.15) is 37.3 Å². The molecule has 1 aliphatic carbocycles. The molecule has 4 aromatic heterocycles. The van der Waals surface area contributed by atoms with Gasteiger partial charge in [0.2, 0.25) is 5.91 Å². The molecule has 0 atom stereocenters. The molecule has 0 saturated heterocycles. The Morgan fingerprint density at radius 2 is 2.03 bits per heavy atom. The van der Waals surface area contributed by atoms with Gasteiger partial charge in [-0.1, -0.05) is 12.8 Å². The Morgan fingerprint density at radius 1 is 1.20 bits per heavy atom. The van der Waals surface area contributed by atoms with Crippen molar-refractivity contribution in [3.63, 3.8) is 0 Å². The number of carbonyl (C=O) groups is 1. The minimum absolute atomic E-state index is 0.0911. The third-order valence-corrected chi connectivity index (χ3v) is 5.52. The molecule has 4 heterocycles. The van der Waals surface area contributed by atoms with Gasteiger partial charge in [0.05, 0.1) is 17.3 Å². The van der Waals surface area contributed by atoms with E-state index < -0.39 is 5.82 Å². The number of amides is 1. The van der Waals surface area contributed by atoms with Crippen LogP contribution in [0.15, 0.2) is 47.5 Å². The summed E-state index contributed by atoms with van der Waals surface area (Å²) in [7, 11) is 0. The predicted octanol–water partition coefficient (Wildman–Crippen LogP) is 2.87. The zero-order valence-corrected chi connectivity index (χ0v) is 16.1. The molecule has 5 rings (SSSR count). The summed E-state index contributed by atoms with van der Waals surface area (Å²) in [6.07, 6.45) is 7.02. The Kier molecular flexibility index (Phi) is 4.50. The lowest BCUT2D eigenvalue weighted by atomic mass is 10.1. The lowest BCUT2D eigenvalue weighted by Gasteiger charge is -2.12. The maximum absolute atomic E-state index is 13.1. The Bertz CT molecular complexity index is 1310. The fraction of sp³-hybridized carbons (Fsp3) is 0.286. The first-order valence-electron chi connectivity index (χ1n) is 9.89. The quantitative estimate of drug-likeness (QED) is 0.562. The normalized spacial score (nSPS) is 14.6. The molecular weight excluding hydrogens is 387 g/mol. The van der Waals surface area contributed by atoms with Gasteiger partial charge in [-0.05, 0) is 37.1 Å². The predicted molar refractivity (Wildman–Crippen MR) is 109 cm³/mol. The third-order valence-electron chi connectivity index (χ3n) is 5.52. The van der Waals surface area contributed by atoms with Gasteiger partial charge in [0.1, 0.15) is 29.5 Å². The fourth-order valence-electron chi connectivity index (χ4n) is 4.08. The van der Waals surface area contributed by atoms with Crippen molar-refractivity contribution < 1.29 is 9.18 Å². The van der Waals surface area contributed by atoms with Gasteiger partial charge in [0, 0.05) is 18.2 Å². The van der Waals surface area contributed by atoms with Crippen molar-refractivity contribution in [2.24, 2.45) is 0 Å². The van der Waals surface area contributed by atoms with E-state index in [0.717, 1.165) is 37.6 Å². The highest BCUT2D eigenvalue weighted by Gasteiger charge is 2.23. The summed E-state index contributed by atoms with van der Waals surface area (Å²) in [5.41, 5.74) is 1.55. The molecule has 9 heteroatoms. The standard InChI is InChI=1S/C21H19FN6O2/c22-14-7-8-17(24-11-14)25-18(29)12-27-19-10-16(13-4-1-2-5-13)26-28(19)21(30)15-6-3-9-23-20(15)27/h3,6-11,13H,1-2,4-5,12H2,(H,24,25,29). The van der Waals surface area contributed by atoms with Crippen LogP contribution >= 0.6 is 0 Å². The van der Waals surface area contributed by atoms with Crippen molar-refractivity contribution in [2.75, 3.05) is 5.32 Å². The first kappa shape index (κ1) is 18.4. The Labute approximate surface area is 170 Å². The first-order valence-corrected chi connectivity index (χ1v) is 9.89. The van der Waals surface area contributed by atoms with Gasteiger partial charge >= 0.3 is 0 Å². The highest BCUT2D eigenvalue weighted by molar-refractivity contribution is 5.91. The van der Waals surface area contributed by atoms with E-state index in [9.17, 15) is 14.0 Å². The molecular formula is C21H19FN6O2. The van der Waals surface area contributed by atoms with Crippen LogP contribution in [0.3, 0.4) is 0 Å². The molecule has 0 spiro atoms. The zero-order chi connectivity index (χ0) is 20.7. The van der Waals surface area contributed by atoms with Crippen molar-refractivity contribution >= 4 is 28.4 Å². The molecule has 1 aliphatic rings. The van der Waals surface area contributed by atoms with Gasteiger partial charge in [0.15, 0.2) is 0 Å². The minimum atomic E-state index is -0.482. The lowest BCUT2D eigenvalue weighted by Crippen LogP contribution is -2.25. The second-order valence-corrected chi connectivity index (χ2v) is 7.50. The first-order chi connectivity index (χ1) is 14.6. The van der Waals surface area contributed by atoms with Gasteiger partial charge in [-0.3, -0.25) is 9.59 Å². The van der Waals surface area contributed by atoms with E-state index in [1.807, 2.05) is 6.07 Å². The smallest absolute Gasteiger partial charge is 0.283 e. The summed E-state index contributed by atoms with van der Waals surface area (Å²) in [5.74, 6) is -0.277. The summed E-state index contributed by atoms with van der Waals surface area (Å²) in [5, 5.41) is 7.61. The molecule has 152 valence electrons. The molecule has 0 unspecified atom stereocenters. The second kappa shape index (κ2) is 7.33. The summed E-state index contributed by atoms with van der Waals surface area (Å²) < 4.78 is 16.1.